The van der Waals surface area contributed by atoms with Gasteiger partial charge in [-0.15, -0.1) is 0 Å². The first-order valence-electron chi connectivity index (χ1n) is 6.88. The molecule has 1 amide bonds. The van der Waals surface area contributed by atoms with Crippen LogP contribution in [0.5, 0.6) is 0 Å². The molecule has 0 saturated heterocycles. The lowest BCUT2D eigenvalue weighted by Crippen LogP contribution is -2.50. The van der Waals surface area contributed by atoms with Crippen molar-refractivity contribution >= 4 is 11.6 Å². The van der Waals surface area contributed by atoms with Crippen molar-refractivity contribution in [1.29, 1.82) is 0 Å². The Hall–Kier alpha value is -1.46. The molecule has 0 spiro atoms. The van der Waals surface area contributed by atoms with Gasteiger partial charge in [-0.25, -0.2) is 4.39 Å². The SMILES string of the molecule is CCC(CC)(CO)NCC(=O)Nc1ccc(C)c(F)c1. The van der Waals surface area contributed by atoms with Crippen LogP contribution in [0.3, 0.4) is 0 Å². The smallest absolute Gasteiger partial charge is 0.238 e. The van der Waals surface area contributed by atoms with Gasteiger partial charge < -0.3 is 15.7 Å². The molecule has 1 aromatic carbocycles. The molecule has 0 atom stereocenters. The van der Waals surface area contributed by atoms with E-state index in [2.05, 4.69) is 10.6 Å². The zero-order valence-electron chi connectivity index (χ0n) is 12.3. The minimum atomic E-state index is -0.435. The first-order valence-corrected chi connectivity index (χ1v) is 6.88. The number of nitrogens with one attached hydrogen (secondary N) is 2. The third kappa shape index (κ3) is 4.28. The number of carbonyl (C=O) groups excluding carboxylic acids is 1. The quantitative estimate of drug-likeness (QED) is 0.718. The molecule has 3 N–H and O–H groups in total. The Bertz CT molecular complexity index is 451. The summed E-state index contributed by atoms with van der Waals surface area (Å²) < 4.78 is 13.4. The third-order valence-electron chi connectivity index (χ3n) is 3.74. The standard InChI is InChI=1S/C15H23FN2O2/c1-4-15(5-2,10-19)17-9-14(20)18-12-7-6-11(3)13(16)8-12/h6-8,17,19H,4-5,9-10H2,1-3H3,(H,18,20). The summed E-state index contributed by atoms with van der Waals surface area (Å²) in [7, 11) is 0. The maximum absolute atomic E-state index is 13.4. The molecule has 112 valence electrons. The molecule has 4 nitrogen and oxygen atoms in total. The fourth-order valence-electron chi connectivity index (χ4n) is 1.92. The number of hydrogen-bond donors (Lipinski definition) is 3. The maximum Gasteiger partial charge on any atom is 0.238 e. The normalized spacial score (nSPS) is 11.4. The summed E-state index contributed by atoms with van der Waals surface area (Å²) in [5.41, 5.74) is 0.537. The molecule has 0 aromatic heterocycles. The first kappa shape index (κ1) is 16.6. The third-order valence-corrected chi connectivity index (χ3v) is 3.74. The summed E-state index contributed by atoms with van der Waals surface area (Å²) in [5.74, 6) is -0.601. The van der Waals surface area contributed by atoms with Crippen molar-refractivity contribution < 1.29 is 14.3 Å². The van der Waals surface area contributed by atoms with Gasteiger partial charge in [0.25, 0.3) is 0 Å². The molecule has 0 aliphatic carbocycles. The van der Waals surface area contributed by atoms with E-state index in [1.807, 2.05) is 13.8 Å². The van der Waals surface area contributed by atoms with Crippen molar-refractivity contribution in [2.45, 2.75) is 39.2 Å². The van der Waals surface area contributed by atoms with Crippen LogP contribution in [-0.2, 0) is 4.79 Å². The Balaban J connectivity index is 2.57. The average molecular weight is 282 g/mol. The number of amides is 1. The van der Waals surface area contributed by atoms with Crippen LogP contribution < -0.4 is 10.6 Å². The average Bonchev–Trinajstić information content (AvgIpc) is 2.45. The second kappa shape index (κ2) is 7.36. The van der Waals surface area contributed by atoms with Gasteiger partial charge >= 0.3 is 0 Å². The summed E-state index contributed by atoms with van der Waals surface area (Å²) >= 11 is 0. The number of rotatable bonds is 7. The van der Waals surface area contributed by atoms with Crippen LogP contribution in [0.1, 0.15) is 32.3 Å². The molecule has 20 heavy (non-hydrogen) atoms. The van der Waals surface area contributed by atoms with E-state index in [0.717, 1.165) is 12.8 Å². The van der Waals surface area contributed by atoms with E-state index in [4.69, 9.17) is 0 Å². The lowest BCUT2D eigenvalue weighted by molar-refractivity contribution is -0.115. The van der Waals surface area contributed by atoms with Crippen molar-refractivity contribution in [1.82, 2.24) is 5.32 Å². The van der Waals surface area contributed by atoms with Gasteiger partial charge in [-0.05, 0) is 37.5 Å². The number of aliphatic hydroxyl groups excluding tert-OH is 1. The summed E-state index contributed by atoms with van der Waals surface area (Å²) in [5, 5.41) is 15.1. The van der Waals surface area contributed by atoms with E-state index in [-0.39, 0.29) is 24.9 Å². The Labute approximate surface area is 119 Å². The molecular weight excluding hydrogens is 259 g/mol. The zero-order valence-corrected chi connectivity index (χ0v) is 12.3. The van der Waals surface area contributed by atoms with E-state index in [9.17, 15) is 14.3 Å². The molecule has 0 bridgehead atoms. The second-order valence-electron chi connectivity index (χ2n) is 5.01. The van der Waals surface area contributed by atoms with Crippen LogP contribution in [0.25, 0.3) is 0 Å². The topological polar surface area (TPSA) is 61.4 Å². The summed E-state index contributed by atoms with van der Waals surface area (Å²) in [6.07, 6.45) is 1.46. The van der Waals surface area contributed by atoms with Crippen LogP contribution in [0.2, 0.25) is 0 Å². The van der Waals surface area contributed by atoms with Crippen molar-refractivity contribution in [2.75, 3.05) is 18.5 Å². The minimum Gasteiger partial charge on any atom is -0.394 e. The van der Waals surface area contributed by atoms with E-state index in [1.165, 1.54) is 6.07 Å². The molecular formula is C15H23FN2O2. The molecule has 0 aliphatic rings. The van der Waals surface area contributed by atoms with Gasteiger partial charge in [0.1, 0.15) is 5.82 Å². The molecule has 0 radical (unpaired) electrons. The molecule has 1 aromatic rings. The predicted octanol–water partition coefficient (Wildman–Crippen LogP) is 2.21. The zero-order chi connectivity index (χ0) is 15.2. The van der Waals surface area contributed by atoms with Crippen molar-refractivity contribution in [3.05, 3.63) is 29.6 Å². The number of benzene rings is 1. The highest BCUT2D eigenvalue weighted by Crippen LogP contribution is 2.15. The molecule has 0 unspecified atom stereocenters. The van der Waals surface area contributed by atoms with Crippen molar-refractivity contribution in [3.8, 4) is 0 Å². The Morgan fingerprint density at radius 3 is 2.50 bits per heavy atom. The predicted molar refractivity (Wildman–Crippen MR) is 78.2 cm³/mol. The second-order valence-corrected chi connectivity index (χ2v) is 5.01. The van der Waals surface area contributed by atoms with E-state index < -0.39 is 5.54 Å². The maximum atomic E-state index is 13.4. The van der Waals surface area contributed by atoms with Crippen molar-refractivity contribution in [2.24, 2.45) is 0 Å². The molecule has 0 fully saturated rings. The highest BCUT2D eigenvalue weighted by Gasteiger charge is 2.25. The van der Waals surface area contributed by atoms with Crippen LogP contribution in [0.4, 0.5) is 10.1 Å². The van der Waals surface area contributed by atoms with Crippen molar-refractivity contribution in [3.63, 3.8) is 0 Å². The van der Waals surface area contributed by atoms with Gasteiger partial charge in [0.2, 0.25) is 5.91 Å². The van der Waals surface area contributed by atoms with E-state index >= 15 is 0 Å². The minimum absolute atomic E-state index is 0.0214. The molecule has 1 rings (SSSR count). The van der Waals surface area contributed by atoms with Crippen LogP contribution in [0, 0.1) is 12.7 Å². The van der Waals surface area contributed by atoms with E-state index in [1.54, 1.807) is 19.1 Å². The number of halogens is 1. The highest BCUT2D eigenvalue weighted by atomic mass is 19.1. The summed E-state index contributed by atoms with van der Waals surface area (Å²) in [6.45, 7) is 5.64. The van der Waals surface area contributed by atoms with Gasteiger partial charge in [0, 0.05) is 11.2 Å². The monoisotopic (exact) mass is 282 g/mol. The van der Waals surface area contributed by atoms with Gasteiger partial charge in [-0.2, -0.15) is 0 Å². The van der Waals surface area contributed by atoms with Crippen LogP contribution in [-0.4, -0.2) is 29.7 Å². The number of aliphatic hydroxyl groups is 1. The Morgan fingerprint density at radius 1 is 1.35 bits per heavy atom. The molecule has 5 heteroatoms. The number of carbonyl (C=O) groups is 1. The van der Waals surface area contributed by atoms with E-state index in [0.29, 0.717) is 11.3 Å². The fourth-order valence-corrected chi connectivity index (χ4v) is 1.92. The van der Waals surface area contributed by atoms with Crippen LogP contribution in [0.15, 0.2) is 18.2 Å². The molecule has 0 heterocycles. The van der Waals surface area contributed by atoms with Gasteiger partial charge in [-0.3, -0.25) is 4.79 Å². The number of anilines is 1. The molecule has 0 aliphatic heterocycles. The first-order chi connectivity index (χ1) is 9.46. The number of aryl methyl sites for hydroxylation is 1. The van der Waals surface area contributed by atoms with Gasteiger partial charge in [0.05, 0.1) is 13.2 Å². The van der Waals surface area contributed by atoms with Gasteiger partial charge in [-0.1, -0.05) is 19.9 Å². The summed E-state index contributed by atoms with van der Waals surface area (Å²) in [4.78, 5) is 11.8. The molecule has 0 saturated carbocycles. The number of hydrogen-bond acceptors (Lipinski definition) is 3. The lowest BCUT2D eigenvalue weighted by Gasteiger charge is -2.30. The Kier molecular flexibility index (Phi) is 6.10. The fraction of sp³-hybridized carbons (Fsp3) is 0.533. The van der Waals surface area contributed by atoms with Crippen LogP contribution >= 0.6 is 0 Å². The van der Waals surface area contributed by atoms with Gasteiger partial charge in [0.15, 0.2) is 0 Å². The highest BCUT2D eigenvalue weighted by molar-refractivity contribution is 5.92. The lowest BCUT2D eigenvalue weighted by atomic mass is 9.94. The largest absolute Gasteiger partial charge is 0.394 e. The summed E-state index contributed by atoms with van der Waals surface area (Å²) in [6, 6.07) is 4.58. The Morgan fingerprint density at radius 2 is 2.00 bits per heavy atom.